The van der Waals surface area contributed by atoms with Gasteiger partial charge in [-0.15, -0.1) is 0 Å². The number of hydrogen-bond donors (Lipinski definition) is 2. The van der Waals surface area contributed by atoms with Gasteiger partial charge in [0.2, 0.25) is 5.91 Å². The highest BCUT2D eigenvalue weighted by atomic mass is 16.4. The molecule has 11 heavy (non-hydrogen) atoms. The Morgan fingerprint density at radius 1 is 1.55 bits per heavy atom. The number of hydrogen-bond acceptors (Lipinski definition) is 3. The molecule has 64 valence electrons. The fourth-order valence-corrected chi connectivity index (χ4v) is 0.681. The fraction of sp³-hybridized carbons (Fsp3) is 0.667. The average molecular weight is 160 g/mol. The van der Waals surface area contributed by atoms with Crippen molar-refractivity contribution in [3.8, 4) is 0 Å². The molecule has 0 aliphatic rings. The van der Waals surface area contributed by atoms with Gasteiger partial charge < -0.3 is 10.8 Å². The van der Waals surface area contributed by atoms with E-state index in [2.05, 4.69) is 0 Å². The number of rotatable bonds is 4. The predicted octanol–water partition coefficient (Wildman–Crippen LogP) is -1.12. The van der Waals surface area contributed by atoms with E-state index in [9.17, 15) is 9.59 Å². The molecular weight excluding hydrogens is 148 g/mol. The molecule has 0 bridgehead atoms. The van der Waals surface area contributed by atoms with E-state index in [1.165, 1.54) is 4.90 Å². The van der Waals surface area contributed by atoms with Gasteiger partial charge in [0.05, 0.1) is 6.42 Å². The summed E-state index contributed by atoms with van der Waals surface area (Å²) in [6.07, 6.45) is -0.150. The van der Waals surface area contributed by atoms with Crippen LogP contribution < -0.4 is 5.73 Å². The molecule has 5 heteroatoms. The minimum atomic E-state index is -1.03. The maximum absolute atomic E-state index is 10.4. The number of carbonyl (C=O) groups is 2. The van der Waals surface area contributed by atoms with Gasteiger partial charge in [0.1, 0.15) is 6.04 Å². The Morgan fingerprint density at radius 3 is 2.09 bits per heavy atom. The average Bonchev–Trinajstić information content (AvgIpc) is 1.81. The zero-order valence-corrected chi connectivity index (χ0v) is 6.57. The molecule has 0 aliphatic carbocycles. The van der Waals surface area contributed by atoms with Crippen molar-refractivity contribution in [3.63, 3.8) is 0 Å². The topological polar surface area (TPSA) is 83.6 Å². The Hall–Kier alpha value is -1.10. The van der Waals surface area contributed by atoms with Crippen molar-refractivity contribution in [1.29, 1.82) is 0 Å². The number of carboxylic acid groups (broad SMARTS) is 1. The summed E-state index contributed by atoms with van der Waals surface area (Å²) in [5, 5.41) is 8.54. The van der Waals surface area contributed by atoms with Gasteiger partial charge >= 0.3 is 5.97 Å². The van der Waals surface area contributed by atoms with Crippen LogP contribution in [0.4, 0.5) is 0 Å². The van der Waals surface area contributed by atoms with Crippen LogP contribution in [-0.4, -0.2) is 42.0 Å². The van der Waals surface area contributed by atoms with Gasteiger partial charge in [-0.3, -0.25) is 14.5 Å². The number of nitrogens with two attached hydrogens (primary N) is 1. The Labute approximate surface area is 64.8 Å². The minimum absolute atomic E-state index is 0.150. The quantitative estimate of drug-likeness (QED) is 0.545. The normalized spacial score (nSPS) is 13.0. The maximum atomic E-state index is 10.4. The molecular formula is C6H12N2O3. The lowest BCUT2D eigenvalue weighted by atomic mass is 10.2. The molecule has 0 aromatic rings. The molecule has 0 spiro atoms. The highest BCUT2D eigenvalue weighted by molar-refractivity contribution is 5.83. The second-order valence-corrected chi connectivity index (χ2v) is 2.49. The molecule has 0 fully saturated rings. The van der Waals surface area contributed by atoms with Crippen LogP contribution in [0.25, 0.3) is 0 Å². The van der Waals surface area contributed by atoms with Crippen molar-refractivity contribution >= 4 is 11.9 Å². The van der Waals surface area contributed by atoms with Crippen molar-refractivity contribution in [2.75, 3.05) is 14.1 Å². The molecule has 0 radical (unpaired) electrons. The van der Waals surface area contributed by atoms with Crippen LogP contribution in [0.1, 0.15) is 6.42 Å². The SMILES string of the molecule is CN(C)C(CC(N)=O)C(=O)O. The number of carboxylic acids is 1. The van der Waals surface area contributed by atoms with E-state index in [1.807, 2.05) is 0 Å². The number of amides is 1. The molecule has 5 nitrogen and oxygen atoms in total. The molecule has 1 amide bonds. The van der Waals surface area contributed by atoms with Crippen LogP contribution in [0.3, 0.4) is 0 Å². The first-order chi connectivity index (χ1) is 4.95. The summed E-state index contributed by atoms with van der Waals surface area (Å²) in [7, 11) is 3.17. The van der Waals surface area contributed by atoms with Crippen molar-refractivity contribution < 1.29 is 14.7 Å². The number of aliphatic carboxylic acids is 1. The molecule has 0 aromatic carbocycles. The molecule has 3 N–H and O–H groups in total. The standard InChI is InChI=1S/C6H12N2O3/c1-8(2)4(6(10)11)3-5(7)9/h4H,3H2,1-2H3,(H2,7,9)(H,10,11). The maximum Gasteiger partial charge on any atom is 0.321 e. The van der Waals surface area contributed by atoms with Gasteiger partial charge in [0.25, 0.3) is 0 Å². The first-order valence-electron chi connectivity index (χ1n) is 3.12. The van der Waals surface area contributed by atoms with Crippen molar-refractivity contribution in [1.82, 2.24) is 4.90 Å². The highest BCUT2D eigenvalue weighted by Crippen LogP contribution is 1.98. The van der Waals surface area contributed by atoms with E-state index >= 15 is 0 Å². The Morgan fingerprint density at radius 2 is 2.00 bits per heavy atom. The minimum Gasteiger partial charge on any atom is -0.480 e. The van der Waals surface area contributed by atoms with E-state index in [0.717, 1.165) is 0 Å². The number of likely N-dealkylation sites (N-methyl/N-ethyl adjacent to an activating group) is 1. The molecule has 0 saturated carbocycles. The Kier molecular flexibility index (Phi) is 3.53. The van der Waals surface area contributed by atoms with Crippen LogP contribution in [-0.2, 0) is 9.59 Å². The van der Waals surface area contributed by atoms with Gasteiger partial charge in [-0.05, 0) is 14.1 Å². The lowest BCUT2D eigenvalue weighted by Gasteiger charge is -2.17. The van der Waals surface area contributed by atoms with Crippen LogP contribution in [0.2, 0.25) is 0 Å². The summed E-state index contributed by atoms with van der Waals surface area (Å²) >= 11 is 0. The van der Waals surface area contributed by atoms with E-state index in [4.69, 9.17) is 10.8 Å². The number of primary amides is 1. The van der Waals surface area contributed by atoms with Crippen LogP contribution >= 0.6 is 0 Å². The molecule has 0 heterocycles. The van der Waals surface area contributed by atoms with E-state index < -0.39 is 17.9 Å². The lowest BCUT2D eigenvalue weighted by molar-refractivity contribution is -0.144. The summed E-state index contributed by atoms with van der Waals surface area (Å²) in [6, 6.07) is -0.813. The molecule has 0 aliphatic heterocycles. The second kappa shape index (κ2) is 3.92. The smallest absolute Gasteiger partial charge is 0.321 e. The summed E-state index contributed by atoms with van der Waals surface area (Å²) in [4.78, 5) is 22.2. The third kappa shape index (κ3) is 3.57. The van der Waals surface area contributed by atoms with Gasteiger partial charge in [-0.25, -0.2) is 0 Å². The molecule has 1 unspecified atom stereocenters. The fourth-order valence-electron chi connectivity index (χ4n) is 0.681. The summed E-state index contributed by atoms with van der Waals surface area (Å²) in [5.41, 5.74) is 4.84. The molecule has 0 rings (SSSR count). The summed E-state index contributed by atoms with van der Waals surface area (Å²) < 4.78 is 0. The Balaban J connectivity index is 4.12. The molecule has 1 atom stereocenters. The third-order valence-electron chi connectivity index (χ3n) is 1.30. The van der Waals surface area contributed by atoms with Gasteiger partial charge in [-0.1, -0.05) is 0 Å². The molecule has 0 saturated heterocycles. The summed E-state index contributed by atoms with van der Waals surface area (Å²) in [5.74, 6) is -1.64. The predicted molar refractivity (Wildman–Crippen MR) is 38.9 cm³/mol. The first kappa shape index (κ1) is 9.90. The Bertz CT molecular complexity index is 167. The van der Waals surface area contributed by atoms with E-state index in [-0.39, 0.29) is 6.42 Å². The zero-order valence-electron chi connectivity index (χ0n) is 6.57. The summed E-state index contributed by atoms with van der Waals surface area (Å²) in [6.45, 7) is 0. The lowest BCUT2D eigenvalue weighted by Crippen LogP contribution is -2.38. The van der Waals surface area contributed by atoms with E-state index in [1.54, 1.807) is 14.1 Å². The zero-order chi connectivity index (χ0) is 9.02. The monoisotopic (exact) mass is 160 g/mol. The van der Waals surface area contributed by atoms with Crippen molar-refractivity contribution in [3.05, 3.63) is 0 Å². The highest BCUT2D eigenvalue weighted by Gasteiger charge is 2.21. The second-order valence-electron chi connectivity index (χ2n) is 2.49. The van der Waals surface area contributed by atoms with Gasteiger partial charge in [0, 0.05) is 0 Å². The van der Waals surface area contributed by atoms with E-state index in [0.29, 0.717) is 0 Å². The third-order valence-corrected chi connectivity index (χ3v) is 1.30. The number of carbonyl (C=O) groups excluding carboxylic acids is 1. The first-order valence-corrected chi connectivity index (χ1v) is 3.12. The van der Waals surface area contributed by atoms with Gasteiger partial charge in [-0.2, -0.15) is 0 Å². The van der Waals surface area contributed by atoms with Gasteiger partial charge in [0.15, 0.2) is 0 Å². The van der Waals surface area contributed by atoms with Crippen LogP contribution in [0, 0.1) is 0 Å². The van der Waals surface area contributed by atoms with Crippen molar-refractivity contribution in [2.24, 2.45) is 5.73 Å². The van der Waals surface area contributed by atoms with Crippen molar-refractivity contribution in [2.45, 2.75) is 12.5 Å². The molecule has 0 aromatic heterocycles. The number of nitrogens with zero attached hydrogens (tertiary/aromatic N) is 1. The van der Waals surface area contributed by atoms with Crippen LogP contribution in [0.15, 0.2) is 0 Å². The largest absolute Gasteiger partial charge is 0.480 e. The van der Waals surface area contributed by atoms with Crippen LogP contribution in [0.5, 0.6) is 0 Å².